The van der Waals surface area contributed by atoms with E-state index in [1.165, 1.54) is 0 Å². The predicted octanol–water partition coefficient (Wildman–Crippen LogP) is 1.33. The average Bonchev–Trinajstić information content (AvgIpc) is 3.11. The summed E-state index contributed by atoms with van der Waals surface area (Å²) in [6.45, 7) is 0.813. The molecule has 0 amide bonds. The largest absolute Gasteiger partial charge is 0.383 e. The lowest BCUT2D eigenvalue weighted by Gasteiger charge is -2.11. The molecule has 138 valence electrons. The van der Waals surface area contributed by atoms with Crippen LogP contribution < -0.4 is 5.56 Å². The van der Waals surface area contributed by atoms with Gasteiger partial charge in [-0.1, -0.05) is 17.3 Å². The minimum atomic E-state index is -1.01. The van der Waals surface area contributed by atoms with E-state index < -0.39 is 5.60 Å². The molecule has 4 aromatic rings. The number of imidazole rings is 1. The van der Waals surface area contributed by atoms with Crippen LogP contribution >= 0.6 is 0 Å². The minimum absolute atomic E-state index is 0.124. The van der Waals surface area contributed by atoms with Gasteiger partial charge in [-0.2, -0.15) is 4.98 Å². The third-order valence-electron chi connectivity index (χ3n) is 4.93. The molecule has 0 atom stereocenters. The van der Waals surface area contributed by atoms with Gasteiger partial charge in [-0.3, -0.25) is 9.20 Å². The topological polar surface area (TPSA) is 108 Å². The first-order valence-electron chi connectivity index (χ1n) is 8.67. The molecule has 0 spiro atoms. The second-order valence-corrected chi connectivity index (χ2v) is 6.70. The Bertz CT molecular complexity index is 1220. The summed E-state index contributed by atoms with van der Waals surface area (Å²) in [5.74, 6) is 0.359. The molecule has 1 N–H and O–H groups in total. The highest BCUT2D eigenvalue weighted by Gasteiger charge is 2.47. The molecule has 1 aliphatic carbocycles. The molecule has 1 aromatic carbocycles. The van der Waals surface area contributed by atoms with Crippen molar-refractivity contribution in [1.29, 1.82) is 0 Å². The van der Waals surface area contributed by atoms with E-state index in [4.69, 9.17) is 9.26 Å². The van der Waals surface area contributed by atoms with Crippen molar-refractivity contribution < 1.29 is 14.4 Å². The second kappa shape index (κ2) is 5.73. The van der Waals surface area contributed by atoms with Gasteiger partial charge in [0.05, 0.1) is 17.6 Å². The van der Waals surface area contributed by atoms with Gasteiger partial charge in [0.2, 0.25) is 5.82 Å². The van der Waals surface area contributed by atoms with Gasteiger partial charge in [0.15, 0.2) is 5.69 Å². The summed E-state index contributed by atoms with van der Waals surface area (Å²) in [6, 6.07) is 7.59. The van der Waals surface area contributed by atoms with Gasteiger partial charge in [0, 0.05) is 13.7 Å². The van der Waals surface area contributed by atoms with Crippen molar-refractivity contribution in [3.63, 3.8) is 0 Å². The molecule has 1 aliphatic rings. The highest BCUT2D eigenvalue weighted by Crippen LogP contribution is 2.44. The fourth-order valence-corrected chi connectivity index (χ4v) is 3.28. The van der Waals surface area contributed by atoms with Crippen LogP contribution in [0, 0.1) is 0 Å². The first kappa shape index (κ1) is 16.2. The Morgan fingerprint density at radius 1 is 1.30 bits per heavy atom. The maximum absolute atomic E-state index is 13.2. The molecule has 3 aromatic heterocycles. The van der Waals surface area contributed by atoms with E-state index in [-0.39, 0.29) is 17.3 Å². The first-order valence-corrected chi connectivity index (χ1v) is 8.67. The Hall–Kier alpha value is -3.04. The van der Waals surface area contributed by atoms with E-state index >= 15 is 0 Å². The molecule has 0 aliphatic heterocycles. The van der Waals surface area contributed by atoms with Crippen molar-refractivity contribution in [1.82, 2.24) is 24.1 Å². The molecular weight excluding hydrogens is 350 g/mol. The van der Waals surface area contributed by atoms with Crippen LogP contribution in [-0.4, -0.2) is 42.9 Å². The average molecular weight is 367 g/mol. The van der Waals surface area contributed by atoms with Crippen LogP contribution in [0.5, 0.6) is 0 Å². The predicted molar refractivity (Wildman–Crippen MR) is 95.3 cm³/mol. The van der Waals surface area contributed by atoms with Gasteiger partial charge < -0.3 is 18.9 Å². The summed E-state index contributed by atoms with van der Waals surface area (Å²) in [7, 11) is 1.60. The second-order valence-electron chi connectivity index (χ2n) is 6.70. The fraction of sp³-hybridized carbons (Fsp3) is 0.333. The standard InChI is InChI=1S/C18H17N5O4/c1-26-9-8-22-11-4-2-3-5-12(11)23-10-19-13(14(23)16(22)24)15-20-17(21-27-15)18(25)6-7-18/h2-5,10,25H,6-9H2,1H3. The first-order chi connectivity index (χ1) is 13.1. The molecule has 0 radical (unpaired) electrons. The lowest BCUT2D eigenvalue weighted by Crippen LogP contribution is -2.24. The van der Waals surface area contributed by atoms with Gasteiger partial charge in [0.1, 0.15) is 17.4 Å². The van der Waals surface area contributed by atoms with Crippen molar-refractivity contribution >= 4 is 16.6 Å². The van der Waals surface area contributed by atoms with Crippen molar-refractivity contribution in [2.45, 2.75) is 25.0 Å². The number of methoxy groups -OCH3 is 1. The van der Waals surface area contributed by atoms with E-state index in [9.17, 15) is 9.90 Å². The zero-order valence-electron chi connectivity index (χ0n) is 14.6. The summed E-state index contributed by atoms with van der Waals surface area (Å²) in [5, 5.41) is 14.0. The summed E-state index contributed by atoms with van der Waals surface area (Å²) < 4.78 is 13.8. The van der Waals surface area contributed by atoms with Crippen LogP contribution in [-0.2, 0) is 16.9 Å². The molecule has 1 saturated carbocycles. The Labute approximate surface area is 152 Å². The van der Waals surface area contributed by atoms with Gasteiger partial charge in [-0.15, -0.1) is 0 Å². The molecule has 9 heteroatoms. The van der Waals surface area contributed by atoms with Crippen LogP contribution in [0.15, 0.2) is 39.9 Å². The zero-order chi connectivity index (χ0) is 18.6. The van der Waals surface area contributed by atoms with Crippen LogP contribution in [0.3, 0.4) is 0 Å². The molecule has 0 saturated heterocycles. The van der Waals surface area contributed by atoms with E-state index in [1.807, 2.05) is 24.3 Å². The minimum Gasteiger partial charge on any atom is -0.383 e. The molecule has 9 nitrogen and oxygen atoms in total. The number of hydrogen-bond acceptors (Lipinski definition) is 7. The lowest BCUT2D eigenvalue weighted by molar-refractivity contribution is 0.137. The molecule has 0 unspecified atom stereocenters. The quantitative estimate of drug-likeness (QED) is 0.567. The third kappa shape index (κ3) is 2.39. The van der Waals surface area contributed by atoms with Crippen LogP contribution in [0.2, 0.25) is 0 Å². The van der Waals surface area contributed by atoms with Gasteiger partial charge in [-0.25, -0.2) is 4.98 Å². The number of ether oxygens (including phenoxy) is 1. The summed E-state index contributed by atoms with van der Waals surface area (Å²) in [6.07, 6.45) is 2.78. The van der Waals surface area contributed by atoms with E-state index in [1.54, 1.807) is 22.4 Å². The highest BCUT2D eigenvalue weighted by molar-refractivity contribution is 5.83. The van der Waals surface area contributed by atoms with E-state index in [0.717, 1.165) is 11.0 Å². The number of hydrogen-bond donors (Lipinski definition) is 1. The number of rotatable bonds is 5. The molecule has 5 rings (SSSR count). The Morgan fingerprint density at radius 2 is 2.07 bits per heavy atom. The maximum Gasteiger partial charge on any atom is 0.279 e. The maximum atomic E-state index is 13.2. The number of benzene rings is 1. The monoisotopic (exact) mass is 367 g/mol. The smallest absolute Gasteiger partial charge is 0.279 e. The van der Waals surface area contributed by atoms with Crippen molar-refractivity contribution in [3.05, 3.63) is 46.8 Å². The third-order valence-corrected chi connectivity index (χ3v) is 4.93. The van der Waals surface area contributed by atoms with Gasteiger partial charge in [0.25, 0.3) is 11.4 Å². The number of nitrogens with zero attached hydrogens (tertiary/aromatic N) is 5. The molecule has 27 heavy (non-hydrogen) atoms. The number of fused-ring (bicyclic) bond motifs is 3. The molecule has 1 fully saturated rings. The number of aromatic nitrogens is 5. The summed E-state index contributed by atoms with van der Waals surface area (Å²) in [4.78, 5) is 21.9. The summed E-state index contributed by atoms with van der Waals surface area (Å²) >= 11 is 0. The SMILES string of the molecule is COCCn1c(=O)c2c(-c3nc(C4(O)CC4)no3)ncn2c2ccccc21. The van der Waals surface area contributed by atoms with E-state index in [0.29, 0.717) is 37.2 Å². The molecule has 3 heterocycles. The fourth-order valence-electron chi connectivity index (χ4n) is 3.28. The van der Waals surface area contributed by atoms with Crippen LogP contribution in [0.25, 0.3) is 28.1 Å². The number of aliphatic hydroxyl groups is 1. The normalized spacial score (nSPS) is 15.6. The van der Waals surface area contributed by atoms with Crippen LogP contribution in [0.4, 0.5) is 0 Å². The molecular formula is C18H17N5O4. The molecule has 0 bridgehead atoms. The van der Waals surface area contributed by atoms with E-state index in [2.05, 4.69) is 15.1 Å². The Kier molecular flexibility index (Phi) is 3.43. The highest BCUT2D eigenvalue weighted by atomic mass is 16.5. The van der Waals surface area contributed by atoms with Crippen LogP contribution in [0.1, 0.15) is 18.7 Å². The zero-order valence-corrected chi connectivity index (χ0v) is 14.6. The van der Waals surface area contributed by atoms with Crippen molar-refractivity contribution in [2.75, 3.05) is 13.7 Å². The van der Waals surface area contributed by atoms with Crippen molar-refractivity contribution in [2.24, 2.45) is 0 Å². The Morgan fingerprint density at radius 3 is 2.81 bits per heavy atom. The van der Waals surface area contributed by atoms with Crippen molar-refractivity contribution in [3.8, 4) is 11.6 Å². The van der Waals surface area contributed by atoms with Gasteiger partial charge >= 0.3 is 0 Å². The Balaban J connectivity index is 1.76. The summed E-state index contributed by atoms with van der Waals surface area (Å²) in [5.41, 5.74) is 1.05. The lowest BCUT2D eigenvalue weighted by atomic mass is 10.2. The van der Waals surface area contributed by atoms with Gasteiger partial charge in [-0.05, 0) is 25.0 Å². The number of para-hydroxylation sites is 2.